The first-order valence-electron chi connectivity index (χ1n) is 22.3. The van der Waals surface area contributed by atoms with Crippen LogP contribution in [0.5, 0.6) is 0 Å². The summed E-state index contributed by atoms with van der Waals surface area (Å²) in [5.41, 5.74) is 1.48. The average Bonchev–Trinajstić information content (AvgIpc) is 4.05. The van der Waals surface area contributed by atoms with Gasteiger partial charge in [0.1, 0.15) is 5.82 Å². The molecular formula is C50H62FN3O10. The number of anilines is 1. The number of hydrogen-bond acceptors (Lipinski definition) is 11. The Bertz CT molecular complexity index is 2030. The number of halogens is 1. The number of hydrogen-bond donors (Lipinski definition) is 2. The normalized spacial score (nSPS) is 21.1. The molecule has 3 heterocycles. The van der Waals surface area contributed by atoms with Crippen LogP contribution in [0, 0.1) is 17.7 Å². The zero-order chi connectivity index (χ0) is 46.5. The molecule has 0 saturated carbocycles. The number of methoxy groups -OCH3 is 2. The van der Waals surface area contributed by atoms with E-state index in [0.717, 1.165) is 40.8 Å². The summed E-state index contributed by atoms with van der Waals surface area (Å²) in [6.45, 7) is 6.62. The molecule has 13 nitrogen and oxygen atoms in total. The van der Waals surface area contributed by atoms with Gasteiger partial charge in [0, 0.05) is 31.6 Å². The number of benzene rings is 3. The number of amides is 2. The smallest absolute Gasteiger partial charge is 0.306 e. The summed E-state index contributed by atoms with van der Waals surface area (Å²) in [6.07, 6.45) is 3.47. The molecule has 3 aliphatic rings. The number of Topliss-reactive ketones (excluding diaryl/α,β-unsaturated/α-hetero) is 2. The second-order valence-corrected chi connectivity index (χ2v) is 18.6. The Morgan fingerprint density at radius 3 is 1.33 bits per heavy atom. The molecule has 3 aliphatic heterocycles. The number of rotatable bonds is 17. The van der Waals surface area contributed by atoms with Crippen molar-refractivity contribution < 1.29 is 52.8 Å². The van der Waals surface area contributed by atoms with Gasteiger partial charge in [0.05, 0.1) is 74.3 Å². The monoisotopic (exact) mass is 883 g/mol. The van der Waals surface area contributed by atoms with Crippen molar-refractivity contribution >= 4 is 41.0 Å². The molecule has 344 valence electrons. The molecule has 3 aromatic rings. The molecule has 6 rings (SSSR count). The van der Waals surface area contributed by atoms with E-state index in [2.05, 4.69) is 4.90 Å². The van der Waals surface area contributed by atoms with Crippen molar-refractivity contribution in [2.45, 2.75) is 127 Å². The minimum absolute atomic E-state index is 0.0733. The maximum atomic E-state index is 14.2. The van der Waals surface area contributed by atoms with E-state index in [4.69, 9.17) is 9.47 Å². The van der Waals surface area contributed by atoms with Crippen LogP contribution in [0.4, 0.5) is 10.1 Å². The van der Waals surface area contributed by atoms with Crippen LogP contribution >= 0.6 is 0 Å². The van der Waals surface area contributed by atoms with Crippen molar-refractivity contribution in [2.24, 2.45) is 11.8 Å². The van der Waals surface area contributed by atoms with E-state index in [1.165, 1.54) is 63.8 Å². The maximum absolute atomic E-state index is 14.2. The molecule has 2 N–H and O–H groups in total. The molecule has 2 amide bonds. The maximum Gasteiger partial charge on any atom is 0.306 e. The molecule has 3 fully saturated rings. The highest BCUT2D eigenvalue weighted by atomic mass is 19.1. The molecule has 64 heavy (non-hydrogen) atoms. The van der Waals surface area contributed by atoms with Crippen LogP contribution in [0.1, 0.15) is 113 Å². The van der Waals surface area contributed by atoms with E-state index < -0.39 is 58.9 Å². The number of aliphatic hydroxyl groups is 2. The predicted octanol–water partition coefficient (Wildman–Crippen LogP) is 6.01. The van der Waals surface area contributed by atoms with Crippen molar-refractivity contribution in [2.75, 3.05) is 32.2 Å². The van der Waals surface area contributed by atoms with Crippen LogP contribution in [0.3, 0.4) is 0 Å². The third-order valence-electron chi connectivity index (χ3n) is 13.3. The standard InChI is InChI=1S/C50H62FN3O10/c1-49(2,61)37(29-45(57)63-5)47(59)52-25-7-9-41(52)43(55)27-31-11-15-33(16-12-31)39-23-24-40(54(39)36-21-19-35(51)20-22-36)34-17-13-32(14-18-34)28-44(56)42-10-8-26-53(42)48(60)38(50(3,4)62)30-46(58)64-6/h11-22,37-42,61-62H,7-10,23-30H2,1-6H3/t37-,38-,39+,40+,41+,42+/m1/s1. The summed E-state index contributed by atoms with van der Waals surface area (Å²) in [6, 6.07) is 20.7. The first kappa shape index (κ1) is 48.0. The Morgan fingerprint density at radius 1 is 0.609 bits per heavy atom. The number of carbonyl (C=O) groups excluding carboxylic acids is 6. The van der Waals surface area contributed by atoms with Gasteiger partial charge < -0.3 is 34.4 Å². The second kappa shape index (κ2) is 20.1. The summed E-state index contributed by atoms with van der Waals surface area (Å²) in [7, 11) is 2.46. The fourth-order valence-corrected chi connectivity index (χ4v) is 9.70. The van der Waals surface area contributed by atoms with Gasteiger partial charge >= 0.3 is 11.9 Å². The number of ketones is 2. The third-order valence-corrected chi connectivity index (χ3v) is 13.3. The summed E-state index contributed by atoms with van der Waals surface area (Å²) < 4.78 is 23.8. The van der Waals surface area contributed by atoms with Crippen LogP contribution in [-0.4, -0.2) is 106 Å². The lowest BCUT2D eigenvalue weighted by atomic mass is 9.86. The van der Waals surface area contributed by atoms with Crippen molar-refractivity contribution in [3.05, 3.63) is 101 Å². The zero-order valence-corrected chi connectivity index (χ0v) is 37.8. The number of esters is 2. The Hall–Kier alpha value is -5.47. The first-order chi connectivity index (χ1) is 30.3. The largest absolute Gasteiger partial charge is 0.469 e. The van der Waals surface area contributed by atoms with Crippen LogP contribution in [0.15, 0.2) is 72.8 Å². The lowest BCUT2D eigenvalue weighted by molar-refractivity contribution is -0.155. The molecule has 0 aromatic heterocycles. The molecular weight excluding hydrogens is 822 g/mol. The van der Waals surface area contributed by atoms with Gasteiger partial charge in [0.2, 0.25) is 11.8 Å². The molecule has 3 saturated heterocycles. The third kappa shape index (κ3) is 11.1. The quantitative estimate of drug-likeness (QED) is 0.152. The Morgan fingerprint density at radius 2 is 0.984 bits per heavy atom. The van der Waals surface area contributed by atoms with Crippen molar-refractivity contribution in [1.82, 2.24) is 9.80 Å². The van der Waals surface area contributed by atoms with E-state index in [1.54, 1.807) is 12.1 Å². The van der Waals surface area contributed by atoms with Crippen molar-refractivity contribution in [1.29, 1.82) is 0 Å². The average molecular weight is 884 g/mol. The van der Waals surface area contributed by atoms with Gasteiger partial charge in [-0.3, -0.25) is 28.8 Å². The van der Waals surface area contributed by atoms with E-state index in [0.29, 0.717) is 38.8 Å². The topological polar surface area (TPSA) is 171 Å². The Labute approximate surface area is 374 Å². The Kier molecular flexibility index (Phi) is 15.1. The van der Waals surface area contributed by atoms with Crippen LogP contribution in [0.25, 0.3) is 0 Å². The highest BCUT2D eigenvalue weighted by Gasteiger charge is 2.45. The summed E-state index contributed by atoms with van der Waals surface area (Å²) in [5.74, 6) is -4.79. The van der Waals surface area contributed by atoms with E-state index in [9.17, 15) is 43.4 Å². The fraction of sp³-hybridized carbons (Fsp3) is 0.520. The molecule has 0 aliphatic carbocycles. The summed E-state index contributed by atoms with van der Waals surface area (Å²) >= 11 is 0. The summed E-state index contributed by atoms with van der Waals surface area (Å²) in [5, 5.41) is 21.5. The van der Waals surface area contributed by atoms with E-state index >= 15 is 0 Å². The molecule has 6 atom stereocenters. The Balaban J connectivity index is 1.14. The van der Waals surface area contributed by atoms with Gasteiger partial charge in [-0.15, -0.1) is 0 Å². The van der Waals surface area contributed by atoms with Crippen LogP contribution < -0.4 is 4.90 Å². The van der Waals surface area contributed by atoms with Crippen molar-refractivity contribution in [3.63, 3.8) is 0 Å². The minimum Gasteiger partial charge on any atom is -0.469 e. The number of likely N-dealkylation sites (tertiary alicyclic amines) is 2. The van der Waals surface area contributed by atoms with Gasteiger partial charge in [-0.05, 0) is 113 Å². The number of ether oxygens (including phenoxy) is 2. The second-order valence-electron chi connectivity index (χ2n) is 18.6. The highest BCUT2D eigenvalue weighted by molar-refractivity contribution is 5.94. The van der Waals surface area contributed by atoms with Crippen molar-refractivity contribution in [3.8, 4) is 0 Å². The zero-order valence-electron chi connectivity index (χ0n) is 37.8. The van der Waals surface area contributed by atoms with Gasteiger partial charge in [-0.2, -0.15) is 0 Å². The van der Waals surface area contributed by atoms with Gasteiger partial charge in [0.25, 0.3) is 0 Å². The van der Waals surface area contributed by atoms with Crippen LogP contribution in [0.2, 0.25) is 0 Å². The van der Waals surface area contributed by atoms with Crippen LogP contribution in [-0.2, 0) is 51.1 Å². The predicted molar refractivity (Wildman–Crippen MR) is 236 cm³/mol. The lowest BCUT2D eigenvalue weighted by Crippen LogP contribution is -2.50. The molecule has 0 bridgehead atoms. The van der Waals surface area contributed by atoms with Gasteiger partial charge in [-0.1, -0.05) is 48.5 Å². The van der Waals surface area contributed by atoms with Gasteiger partial charge in [0.15, 0.2) is 11.6 Å². The highest BCUT2D eigenvalue weighted by Crippen LogP contribution is 2.47. The molecule has 14 heteroatoms. The molecule has 0 spiro atoms. The SMILES string of the molecule is COC(=O)C[C@H](C(=O)N1CCC[C@H]1C(=O)Cc1ccc([C@@H]2CC[C@@H](c3ccc(CC(=O)[C@@H]4CCCN4C(=O)[C@@H](CC(=O)OC)C(C)(C)O)cc3)N2c2ccc(F)cc2)cc1)C(C)(C)O. The van der Waals surface area contributed by atoms with E-state index in [1.807, 2.05) is 48.5 Å². The minimum atomic E-state index is -1.50. The number of carbonyl (C=O) groups is 6. The van der Waals surface area contributed by atoms with Gasteiger partial charge in [-0.25, -0.2) is 4.39 Å². The molecule has 0 unspecified atom stereocenters. The number of nitrogens with zero attached hydrogens (tertiary/aromatic N) is 3. The molecule has 0 radical (unpaired) electrons. The fourth-order valence-electron chi connectivity index (χ4n) is 9.70. The molecule has 3 aromatic carbocycles. The lowest BCUT2D eigenvalue weighted by Gasteiger charge is -2.34. The first-order valence-corrected chi connectivity index (χ1v) is 22.3. The van der Waals surface area contributed by atoms with E-state index in [-0.39, 0.29) is 55.2 Å². The summed E-state index contributed by atoms with van der Waals surface area (Å²) in [4.78, 5) is 84.3.